The number of aromatic nitrogens is 1. The van der Waals surface area contributed by atoms with E-state index in [0.29, 0.717) is 5.92 Å². The minimum absolute atomic E-state index is 0.0560. The van der Waals surface area contributed by atoms with Crippen molar-refractivity contribution in [2.24, 2.45) is 5.92 Å². The van der Waals surface area contributed by atoms with Crippen LogP contribution in [0.15, 0.2) is 18.3 Å². The lowest BCUT2D eigenvalue weighted by Crippen LogP contribution is -2.43. The van der Waals surface area contributed by atoms with Crippen LogP contribution in [0.5, 0.6) is 0 Å². The number of nitrogens with one attached hydrogen (secondary N) is 1. The van der Waals surface area contributed by atoms with Crippen molar-refractivity contribution in [2.45, 2.75) is 6.42 Å². The van der Waals surface area contributed by atoms with E-state index in [1.54, 1.807) is 6.07 Å². The average Bonchev–Trinajstić information content (AvgIpc) is 2.12. The summed E-state index contributed by atoms with van der Waals surface area (Å²) in [6, 6.07) is 3.24. The van der Waals surface area contributed by atoms with E-state index in [1.807, 2.05) is 0 Å². The highest BCUT2D eigenvalue weighted by molar-refractivity contribution is 5.26. The van der Waals surface area contributed by atoms with Crippen LogP contribution >= 0.6 is 0 Å². The lowest BCUT2D eigenvalue weighted by molar-refractivity contribution is -0.385. The molecule has 1 fully saturated rings. The molecule has 0 spiro atoms. The van der Waals surface area contributed by atoms with Crippen molar-refractivity contribution in [3.8, 4) is 0 Å². The van der Waals surface area contributed by atoms with E-state index in [2.05, 4.69) is 10.3 Å². The highest BCUT2D eigenvalue weighted by Crippen LogP contribution is 2.13. The van der Waals surface area contributed by atoms with Crippen LogP contribution in [0, 0.1) is 16.0 Å². The van der Waals surface area contributed by atoms with Gasteiger partial charge in [0.25, 0.3) is 5.69 Å². The normalized spacial score (nSPS) is 16.3. The van der Waals surface area contributed by atoms with E-state index in [9.17, 15) is 10.1 Å². The Hall–Kier alpha value is -1.49. The fourth-order valence-electron chi connectivity index (χ4n) is 1.43. The zero-order chi connectivity index (χ0) is 9.97. The van der Waals surface area contributed by atoms with E-state index >= 15 is 0 Å². The quantitative estimate of drug-likeness (QED) is 0.568. The lowest BCUT2D eigenvalue weighted by Gasteiger charge is -2.26. The van der Waals surface area contributed by atoms with Gasteiger partial charge in [-0.2, -0.15) is 0 Å². The van der Waals surface area contributed by atoms with E-state index < -0.39 is 4.92 Å². The predicted octanol–water partition coefficient (Wildman–Crippen LogP) is 0.752. The van der Waals surface area contributed by atoms with Crippen LogP contribution in [0.4, 0.5) is 5.69 Å². The summed E-state index contributed by atoms with van der Waals surface area (Å²) in [4.78, 5) is 14.0. The van der Waals surface area contributed by atoms with Gasteiger partial charge in [0.2, 0.25) is 0 Å². The monoisotopic (exact) mass is 193 g/mol. The molecule has 0 radical (unpaired) electrons. The van der Waals surface area contributed by atoms with Crippen LogP contribution in [0.2, 0.25) is 0 Å². The molecule has 1 aromatic heterocycles. The van der Waals surface area contributed by atoms with Gasteiger partial charge in [-0.25, -0.2) is 0 Å². The molecular formula is C9H11N3O2. The summed E-state index contributed by atoms with van der Waals surface area (Å²) in [5, 5.41) is 13.5. The minimum Gasteiger partial charge on any atom is -0.316 e. The van der Waals surface area contributed by atoms with Gasteiger partial charge >= 0.3 is 0 Å². The van der Waals surface area contributed by atoms with Crippen molar-refractivity contribution in [3.63, 3.8) is 0 Å². The van der Waals surface area contributed by atoms with Gasteiger partial charge < -0.3 is 5.32 Å². The second-order valence-corrected chi connectivity index (χ2v) is 3.49. The Morgan fingerprint density at radius 3 is 2.79 bits per heavy atom. The zero-order valence-electron chi connectivity index (χ0n) is 7.64. The first-order chi connectivity index (χ1) is 6.75. The third kappa shape index (κ3) is 1.88. The van der Waals surface area contributed by atoms with Gasteiger partial charge in [-0.15, -0.1) is 0 Å². The standard InChI is InChI=1S/C9H11N3O2/c13-12(14)9-2-1-8(11-6-9)3-7-4-10-5-7/h1-2,6-7,10H,3-5H2. The number of pyridine rings is 1. The molecule has 0 aromatic carbocycles. The molecule has 5 nitrogen and oxygen atoms in total. The van der Waals surface area contributed by atoms with Gasteiger partial charge in [-0.1, -0.05) is 0 Å². The molecule has 0 aliphatic carbocycles. The molecule has 0 bridgehead atoms. The molecule has 74 valence electrons. The van der Waals surface area contributed by atoms with E-state index in [0.717, 1.165) is 25.2 Å². The number of hydrogen-bond donors (Lipinski definition) is 1. The van der Waals surface area contributed by atoms with Crippen LogP contribution in [0.25, 0.3) is 0 Å². The summed E-state index contributed by atoms with van der Waals surface area (Å²) in [5.41, 5.74) is 0.989. The summed E-state index contributed by atoms with van der Waals surface area (Å²) in [5.74, 6) is 0.643. The molecule has 14 heavy (non-hydrogen) atoms. The molecule has 0 atom stereocenters. The van der Waals surface area contributed by atoms with Crippen molar-refractivity contribution in [1.82, 2.24) is 10.3 Å². The predicted molar refractivity (Wildman–Crippen MR) is 51.0 cm³/mol. The second kappa shape index (κ2) is 3.71. The summed E-state index contributed by atoms with van der Waals surface area (Å²) < 4.78 is 0. The fourth-order valence-corrected chi connectivity index (χ4v) is 1.43. The van der Waals surface area contributed by atoms with E-state index in [-0.39, 0.29) is 5.69 Å². The molecule has 1 aliphatic heterocycles. The van der Waals surface area contributed by atoms with Gasteiger partial charge in [0.1, 0.15) is 6.20 Å². The fraction of sp³-hybridized carbons (Fsp3) is 0.444. The number of rotatable bonds is 3. The smallest absolute Gasteiger partial charge is 0.287 e. The van der Waals surface area contributed by atoms with Gasteiger partial charge in [0.15, 0.2) is 0 Å². The van der Waals surface area contributed by atoms with Crippen molar-refractivity contribution >= 4 is 5.69 Å². The van der Waals surface area contributed by atoms with Crippen molar-refractivity contribution in [1.29, 1.82) is 0 Å². The van der Waals surface area contributed by atoms with Crippen molar-refractivity contribution in [3.05, 3.63) is 34.1 Å². The van der Waals surface area contributed by atoms with Crippen LogP contribution in [-0.4, -0.2) is 23.0 Å². The molecule has 2 rings (SSSR count). The zero-order valence-corrected chi connectivity index (χ0v) is 7.64. The Bertz CT molecular complexity index is 332. The molecule has 1 N–H and O–H groups in total. The first-order valence-corrected chi connectivity index (χ1v) is 4.56. The van der Waals surface area contributed by atoms with Crippen molar-refractivity contribution in [2.75, 3.05) is 13.1 Å². The molecular weight excluding hydrogens is 182 g/mol. The topological polar surface area (TPSA) is 68.1 Å². The molecule has 0 amide bonds. The maximum absolute atomic E-state index is 10.4. The minimum atomic E-state index is -0.429. The maximum atomic E-state index is 10.4. The largest absolute Gasteiger partial charge is 0.316 e. The maximum Gasteiger partial charge on any atom is 0.287 e. The Morgan fingerprint density at radius 2 is 2.36 bits per heavy atom. The van der Waals surface area contributed by atoms with Crippen molar-refractivity contribution < 1.29 is 4.92 Å². The number of nitrogens with zero attached hydrogens (tertiary/aromatic N) is 2. The Kier molecular flexibility index (Phi) is 2.41. The lowest BCUT2D eigenvalue weighted by atomic mass is 9.97. The summed E-state index contributed by atoms with van der Waals surface area (Å²) >= 11 is 0. The van der Waals surface area contributed by atoms with Crippen LogP contribution in [0.1, 0.15) is 5.69 Å². The van der Waals surface area contributed by atoms with Gasteiger partial charge in [-0.05, 0) is 31.5 Å². The first-order valence-electron chi connectivity index (χ1n) is 4.56. The molecule has 5 heteroatoms. The number of nitro groups is 1. The van der Waals surface area contributed by atoms with Crippen LogP contribution in [-0.2, 0) is 6.42 Å². The molecule has 2 heterocycles. The summed E-state index contributed by atoms with van der Waals surface area (Å²) in [6.07, 6.45) is 2.23. The number of hydrogen-bond acceptors (Lipinski definition) is 4. The van der Waals surface area contributed by atoms with E-state index in [4.69, 9.17) is 0 Å². The third-order valence-electron chi connectivity index (χ3n) is 2.38. The van der Waals surface area contributed by atoms with Gasteiger partial charge in [-0.3, -0.25) is 15.1 Å². The SMILES string of the molecule is O=[N+]([O-])c1ccc(CC2CNC2)nc1. The summed E-state index contributed by atoms with van der Waals surface area (Å²) in [6.45, 7) is 2.05. The first kappa shape index (κ1) is 9.08. The third-order valence-corrected chi connectivity index (χ3v) is 2.38. The molecule has 1 saturated heterocycles. The summed E-state index contributed by atoms with van der Waals surface area (Å²) in [7, 11) is 0. The Balaban J connectivity index is 2.01. The van der Waals surface area contributed by atoms with Crippen LogP contribution < -0.4 is 5.32 Å². The average molecular weight is 193 g/mol. The Labute approximate surface area is 81.3 Å². The van der Waals surface area contributed by atoms with Crippen LogP contribution in [0.3, 0.4) is 0 Å². The highest BCUT2D eigenvalue weighted by Gasteiger charge is 2.17. The van der Waals surface area contributed by atoms with Gasteiger partial charge in [0.05, 0.1) is 4.92 Å². The van der Waals surface area contributed by atoms with E-state index in [1.165, 1.54) is 12.3 Å². The molecule has 0 unspecified atom stereocenters. The molecule has 1 aliphatic rings. The highest BCUT2D eigenvalue weighted by atomic mass is 16.6. The molecule has 0 saturated carbocycles. The van der Waals surface area contributed by atoms with Gasteiger partial charge in [0, 0.05) is 11.8 Å². The second-order valence-electron chi connectivity index (χ2n) is 3.49. The molecule has 1 aromatic rings. The Morgan fingerprint density at radius 1 is 1.57 bits per heavy atom.